The maximum Gasteiger partial charge on any atom is 0.287 e. The lowest BCUT2D eigenvalue weighted by Crippen LogP contribution is -2.25. The molecule has 0 aromatic carbocycles. The Morgan fingerprint density at radius 2 is 1.94 bits per heavy atom. The van der Waals surface area contributed by atoms with E-state index in [1.807, 2.05) is 10.8 Å². The fourth-order valence-corrected chi connectivity index (χ4v) is 5.27. The first-order valence-electron chi connectivity index (χ1n) is 12.1. The molecule has 1 fully saturated rings. The van der Waals surface area contributed by atoms with Gasteiger partial charge in [-0.3, -0.25) is 14.7 Å². The van der Waals surface area contributed by atoms with Gasteiger partial charge < -0.3 is 14.6 Å². The second-order valence-electron chi connectivity index (χ2n) is 10.7. The number of pyridine rings is 1. The number of likely N-dealkylation sites (tertiary alicyclic amines) is 1. The summed E-state index contributed by atoms with van der Waals surface area (Å²) in [4.78, 5) is 24.1. The summed E-state index contributed by atoms with van der Waals surface area (Å²) < 4.78 is 7.76. The summed E-state index contributed by atoms with van der Waals surface area (Å²) in [5.41, 5.74) is 4.49. The molecule has 1 unspecified atom stereocenters. The molecule has 0 spiro atoms. The van der Waals surface area contributed by atoms with Gasteiger partial charge in [0.1, 0.15) is 6.73 Å². The van der Waals surface area contributed by atoms with Gasteiger partial charge in [0.05, 0.1) is 11.7 Å². The highest BCUT2D eigenvalue weighted by molar-refractivity contribution is 6.76. The zero-order chi connectivity index (χ0) is 24.2. The van der Waals surface area contributed by atoms with E-state index in [1.54, 1.807) is 7.05 Å². The number of aryl methyl sites for hydroxylation is 2. The Bertz CT molecular complexity index is 933. The Labute approximate surface area is 200 Å². The lowest BCUT2D eigenvalue weighted by atomic mass is 9.98. The van der Waals surface area contributed by atoms with Crippen molar-refractivity contribution >= 4 is 14.0 Å². The average Bonchev–Trinajstić information content (AvgIpc) is 3.36. The molecule has 8 heteroatoms. The van der Waals surface area contributed by atoms with Crippen LogP contribution >= 0.6 is 0 Å². The molecule has 7 nitrogen and oxygen atoms in total. The van der Waals surface area contributed by atoms with Crippen molar-refractivity contribution in [2.45, 2.75) is 72.1 Å². The van der Waals surface area contributed by atoms with Crippen LogP contribution in [0.5, 0.6) is 0 Å². The zero-order valence-corrected chi connectivity index (χ0v) is 22.4. The minimum absolute atomic E-state index is 0.155. The molecule has 0 saturated carbocycles. The maximum atomic E-state index is 12.4. The number of nitrogens with one attached hydrogen (secondary N) is 1. The molecule has 3 heterocycles. The molecule has 0 aliphatic carbocycles. The Balaban J connectivity index is 1.64. The third kappa shape index (κ3) is 7.22. The van der Waals surface area contributed by atoms with Crippen molar-refractivity contribution in [1.82, 2.24) is 24.8 Å². The molecular formula is C25H41N5O2Si. The second kappa shape index (κ2) is 10.9. The van der Waals surface area contributed by atoms with Crippen molar-refractivity contribution in [2.24, 2.45) is 5.92 Å². The van der Waals surface area contributed by atoms with Gasteiger partial charge in [0, 0.05) is 45.9 Å². The third-order valence-electron chi connectivity index (χ3n) is 6.41. The predicted molar refractivity (Wildman–Crippen MR) is 135 cm³/mol. The minimum Gasteiger partial charge on any atom is -0.361 e. The number of nitrogens with zero attached hydrogens (tertiary/aromatic N) is 4. The Morgan fingerprint density at radius 3 is 2.58 bits per heavy atom. The van der Waals surface area contributed by atoms with Gasteiger partial charge in [-0.2, -0.15) is 0 Å². The molecule has 0 radical (unpaired) electrons. The summed E-state index contributed by atoms with van der Waals surface area (Å²) in [5.74, 6) is 0.870. The van der Waals surface area contributed by atoms with Crippen LogP contribution in [0.25, 0.3) is 0 Å². The summed E-state index contributed by atoms with van der Waals surface area (Å²) in [6.45, 7) is 16.5. The summed E-state index contributed by atoms with van der Waals surface area (Å²) in [6, 6.07) is 5.67. The minimum atomic E-state index is -1.15. The third-order valence-corrected chi connectivity index (χ3v) is 8.11. The van der Waals surface area contributed by atoms with E-state index in [2.05, 4.69) is 67.7 Å². The van der Waals surface area contributed by atoms with E-state index in [4.69, 9.17) is 9.72 Å². The van der Waals surface area contributed by atoms with Crippen LogP contribution in [0.15, 0.2) is 18.3 Å². The average molecular weight is 472 g/mol. The van der Waals surface area contributed by atoms with E-state index in [9.17, 15) is 4.79 Å². The molecule has 33 heavy (non-hydrogen) atoms. The van der Waals surface area contributed by atoms with Gasteiger partial charge in [-0.25, -0.2) is 4.98 Å². The van der Waals surface area contributed by atoms with Gasteiger partial charge in [0.2, 0.25) is 5.82 Å². The van der Waals surface area contributed by atoms with E-state index < -0.39 is 8.07 Å². The molecule has 182 valence electrons. The lowest BCUT2D eigenvalue weighted by Gasteiger charge is -2.23. The standard InChI is InChI=1S/C25H41N5O2Si/c1-18-12-22(13-19(2)27-18)14-21-8-9-29(15-21)20(3)23-16-30(24(28-23)25(31)26-4)17-32-10-11-33(5,6)7/h12-13,16,20-21H,8-11,14-15,17H2,1-7H3,(H,26,31)/t20?,21-/m0/s1. The number of carbonyl (C=O) groups excluding carboxylic acids is 1. The van der Waals surface area contributed by atoms with E-state index in [1.165, 1.54) is 12.0 Å². The van der Waals surface area contributed by atoms with Crippen LogP contribution in [0.1, 0.15) is 52.7 Å². The Kier molecular flexibility index (Phi) is 8.47. The van der Waals surface area contributed by atoms with Crippen LogP contribution in [-0.2, 0) is 17.9 Å². The van der Waals surface area contributed by atoms with Crippen molar-refractivity contribution < 1.29 is 9.53 Å². The monoisotopic (exact) mass is 471 g/mol. The Hall–Kier alpha value is -2.03. The maximum absolute atomic E-state index is 12.4. The molecule has 1 aliphatic heterocycles. The Morgan fingerprint density at radius 1 is 1.24 bits per heavy atom. The quantitative estimate of drug-likeness (QED) is 0.415. The predicted octanol–water partition coefficient (Wildman–Crippen LogP) is 4.19. The topological polar surface area (TPSA) is 72.3 Å². The van der Waals surface area contributed by atoms with Crippen molar-refractivity contribution in [3.8, 4) is 0 Å². The van der Waals surface area contributed by atoms with Gasteiger partial charge in [-0.1, -0.05) is 19.6 Å². The van der Waals surface area contributed by atoms with Crippen LogP contribution in [0.2, 0.25) is 25.7 Å². The number of rotatable bonds is 10. The smallest absolute Gasteiger partial charge is 0.287 e. The SMILES string of the molecule is CNC(=O)c1nc(C(C)N2CC[C@@H](Cc3cc(C)nc(C)c3)C2)cn1COCC[Si](C)(C)C. The summed E-state index contributed by atoms with van der Waals surface area (Å²) >= 11 is 0. The second-order valence-corrected chi connectivity index (χ2v) is 16.3. The number of amides is 1. The zero-order valence-electron chi connectivity index (χ0n) is 21.4. The highest BCUT2D eigenvalue weighted by Crippen LogP contribution is 2.29. The van der Waals surface area contributed by atoms with E-state index in [0.717, 1.165) is 42.6 Å². The molecular weight excluding hydrogens is 430 g/mol. The highest BCUT2D eigenvalue weighted by Gasteiger charge is 2.29. The fourth-order valence-electron chi connectivity index (χ4n) is 4.51. The first kappa shape index (κ1) is 25.6. The summed E-state index contributed by atoms with van der Waals surface area (Å²) in [6.07, 6.45) is 4.25. The summed E-state index contributed by atoms with van der Waals surface area (Å²) in [7, 11) is 0.494. The number of aromatic nitrogens is 3. The van der Waals surface area contributed by atoms with Crippen LogP contribution in [0, 0.1) is 19.8 Å². The largest absolute Gasteiger partial charge is 0.361 e. The summed E-state index contributed by atoms with van der Waals surface area (Å²) in [5, 5.41) is 2.71. The number of ether oxygens (including phenoxy) is 1. The number of carbonyl (C=O) groups is 1. The van der Waals surface area contributed by atoms with Gasteiger partial charge in [-0.05, 0) is 69.8 Å². The molecule has 2 atom stereocenters. The number of hydrogen-bond donors (Lipinski definition) is 1. The van der Waals surface area contributed by atoms with Gasteiger partial charge in [-0.15, -0.1) is 0 Å². The molecule has 1 saturated heterocycles. The number of imidazole rings is 1. The van der Waals surface area contributed by atoms with Gasteiger partial charge >= 0.3 is 0 Å². The van der Waals surface area contributed by atoms with E-state index >= 15 is 0 Å². The normalized spacial score (nSPS) is 18.0. The van der Waals surface area contributed by atoms with Crippen molar-refractivity contribution in [3.63, 3.8) is 0 Å². The van der Waals surface area contributed by atoms with Crippen molar-refractivity contribution in [1.29, 1.82) is 0 Å². The van der Waals surface area contributed by atoms with Gasteiger partial charge in [0.15, 0.2) is 0 Å². The molecule has 0 bridgehead atoms. The van der Waals surface area contributed by atoms with Crippen molar-refractivity contribution in [3.05, 3.63) is 46.8 Å². The first-order valence-corrected chi connectivity index (χ1v) is 15.8. The number of hydrogen-bond acceptors (Lipinski definition) is 5. The highest BCUT2D eigenvalue weighted by atomic mass is 28.3. The van der Waals surface area contributed by atoms with Gasteiger partial charge in [0.25, 0.3) is 5.91 Å². The van der Waals surface area contributed by atoms with Crippen LogP contribution < -0.4 is 5.32 Å². The first-order chi connectivity index (χ1) is 15.6. The van der Waals surface area contributed by atoms with Crippen LogP contribution in [0.4, 0.5) is 0 Å². The molecule has 1 N–H and O–H groups in total. The molecule has 3 rings (SSSR count). The lowest BCUT2D eigenvalue weighted by molar-refractivity contribution is 0.0787. The van der Waals surface area contributed by atoms with Crippen LogP contribution in [-0.4, -0.2) is 60.2 Å². The molecule has 1 amide bonds. The molecule has 2 aromatic rings. The van der Waals surface area contributed by atoms with E-state index in [0.29, 0.717) is 25.1 Å². The van der Waals surface area contributed by atoms with Crippen molar-refractivity contribution in [2.75, 3.05) is 26.7 Å². The fraction of sp³-hybridized carbons (Fsp3) is 0.640. The molecule has 2 aromatic heterocycles. The molecule has 1 aliphatic rings. The van der Waals surface area contributed by atoms with E-state index in [-0.39, 0.29) is 11.9 Å². The van der Waals surface area contributed by atoms with Crippen LogP contribution in [0.3, 0.4) is 0 Å².